The Morgan fingerprint density at radius 3 is 3.00 bits per heavy atom. The number of nitriles is 1. The number of thiophene rings is 1. The van der Waals surface area contributed by atoms with E-state index in [4.69, 9.17) is 16.9 Å². The van der Waals surface area contributed by atoms with Crippen LogP contribution >= 0.6 is 34.7 Å². The molecule has 2 heterocycles. The fourth-order valence-corrected chi connectivity index (χ4v) is 4.05. The summed E-state index contributed by atoms with van der Waals surface area (Å²) in [5, 5.41) is 23.8. The molecule has 0 spiro atoms. The number of anilines is 1. The Hall–Kier alpha value is -2.34. The Kier molecular flexibility index (Phi) is 5.93. The first-order chi connectivity index (χ1) is 12.6. The van der Waals surface area contributed by atoms with Gasteiger partial charge in [0.25, 0.3) is 0 Å². The van der Waals surface area contributed by atoms with Crippen molar-refractivity contribution in [3.05, 3.63) is 46.3 Å². The third-order valence-electron chi connectivity index (χ3n) is 3.49. The first kappa shape index (κ1) is 18.5. The van der Waals surface area contributed by atoms with Crippen LogP contribution in [0.1, 0.15) is 12.5 Å². The van der Waals surface area contributed by atoms with E-state index in [1.165, 1.54) is 23.1 Å². The fraction of sp³-hybridized carbons (Fsp3) is 0.176. The van der Waals surface area contributed by atoms with Crippen molar-refractivity contribution in [2.45, 2.75) is 18.6 Å². The van der Waals surface area contributed by atoms with Gasteiger partial charge in [0.2, 0.25) is 5.91 Å². The summed E-state index contributed by atoms with van der Waals surface area (Å²) in [6, 6.07) is 11.1. The maximum absolute atomic E-state index is 12.2. The van der Waals surface area contributed by atoms with E-state index in [-0.39, 0.29) is 11.7 Å². The minimum absolute atomic E-state index is 0.177. The first-order valence-electron chi connectivity index (χ1n) is 7.71. The van der Waals surface area contributed by atoms with Crippen molar-refractivity contribution in [2.24, 2.45) is 0 Å². The Morgan fingerprint density at radius 2 is 2.27 bits per heavy atom. The molecule has 1 amide bonds. The zero-order chi connectivity index (χ0) is 18.5. The molecule has 0 saturated carbocycles. The molecule has 9 heteroatoms. The van der Waals surface area contributed by atoms with Crippen molar-refractivity contribution < 1.29 is 4.79 Å². The van der Waals surface area contributed by atoms with Gasteiger partial charge in [-0.1, -0.05) is 35.5 Å². The molecule has 1 N–H and O–H groups in total. The Morgan fingerprint density at radius 1 is 1.42 bits per heavy atom. The summed E-state index contributed by atoms with van der Waals surface area (Å²) in [4.78, 5) is 12.2. The molecule has 0 unspecified atom stereocenters. The van der Waals surface area contributed by atoms with E-state index in [1.54, 1.807) is 17.5 Å². The van der Waals surface area contributed by atoms with Crippen molar-refractivity contribution in [1.82, 2.24) is 14.8 Å². The van der Waals surface area contributed by atoms with E-state index in [2.05, 4.69) is 21.6 Å². The molecule has 0 aliphatic rings. The number of thioether (sulfide) groups is 1. The van der Waals surface area contributed by atoms with Gasteiger partial charge in [-0.05, 0) is 30.5 Å². The zero-order valence-electron chi connectivity index (χ0n) is 13.8. The Bertz CT molecular complexity index is 976. The van der Waals surface area contributed by atoms with Crippen molar-refractivity contribution in [3.8, 4) is 17.5 Å². The van der Waals surface area contributed by atoms with Crippen LogP contribution in [0.25, 0.3) is 11.4 Å². The number of halogens is 1. The third-order valence-corrected chi connectivity index (χ3v) is 5.52. The van der Waals surface area contributed by atoms with Crippen LogP contribution in [0.3, 0.4) is 0 Å². The SMILES string of the molecule is CCn1c(SCC(=O)Nc2sccc2C#N)nnc1-c1cccc(Cl)c1. The molecule has 0 atom stereocenters. The molecule has 0 aliphatic heterocycles. The van der Waals surface area contributed by atoms with Crippen LogP contribution in [0.5, 0.6) is 0 Å². The predicted octanol–water partition coefficient (Wildman–Crippen LogP) is 4.28. The van der Waals surface area contributed by atoms with Gasteiger partial charge >= 0.3 is 0 Å². The van der Waals surface area contributed by atoms with Crippen molar-refractivity contribution in [2.75, 3.05) is 11.1 Å². The lowest BCUT2D eigenvalue weighted by molar-refractivity contribution is -0.113. The topological polar surface area (TPSA) is 83.6 Å². The van der Waals surface area contributed by atoms with Gasteiger partial charge in [-0.3, -0.25) is 4.79 Å². The lowest BCUT2D eigenvalue weighted by Gasteiger charge is -2.07. The van der Waals surface area contributed by atoms with Gasteiger partial charge in [0.15, 0.2) is 11.0 Å². The van der Waals surface area contributed by atoms with E-state index < -0.39 is 0 Å². The van der Waals surface area contributed by atoms with Gasteiger partial charge in [-0.2, -0.15) is 5.26 Å². The van der Waals surface area contributed by atoms with Gasteiger partial charge in [0.1, 0.15) is 11.1 Å². The fourth-order valence-electron chi connectivity index (χ4n) is 2.31. The second-order valence-corrected chi connectivity index (χ2v) is 7.47. The molecular formula is C17H14ClN5OS2. The molecule has 3 aromatic rings. The normalized spacial score (nSPS) is 10.5. The van der Waals surface area contributed by atoms with Gasteiger partial charge in [0.05, 0.1) is 11.3 Å². The van der Waals surface area contributed by atoms with Crippen LogP contribution in [0, 0.1) is 11.3 Å². The lowest BCUT2D eigenvalue weighted by atomic mass is 10.2. The molecule has 6 nitrogen and oxygen atoms in total. The molecule has 0 aliphatic carbocycles. The highest BCUT2D eigenvalue weighted by molar-refractivity contribution is 7.99. The minimum atomic E-state index is -0.191. The van der Waals surface area contributed by atoms with E-state index >= 15 is 0 Å². The van der Waals surface area contributed by atoms with Crippen molar-refractivity contribution in [1.29, 1.82) is 5.26 Å². The molecule has 0 bridgehead atoms. The first-order valence-corrected chi connectivity index (χ1v) is 9.96. The highest BCUT2D eigenvalue weighted by Crippen LogP contribution is 2.26. The predicted molar refractivity (Wildman–Crippen MR) is 105 cm³/mol. The van der Waals surface area contributed by atoms with E-state index in [0.717, 1.165) is 5.56 Å². The second-order valence-electron chi connectivity index (χ2n) is 5.17. The van der Waals surface area contributed by atoms with Gasteiger partial charge in [0, 0.05) is 17.1 Å². The van der Waals surface area contributed by atoms with Crippen molar-refractivity contribution >= 4 is 45.6 Å². The average molecular weight is 404 g/mol. The molecule has 0 radical (unpaired) electrons. The number of aromatic nitrogens is 3. The highest BCUT2D eigenvalue weighted by Gasteiger charge is 2.15. The largest absolute Gasteiger partial charge is 0.316 e. The summed E-state index contributed by atoms with van der Waals surface area (Å²) in [7, 11) is 0. The Balaban J connectivity index is 1.71. The highest BCUT2D eigenvalue weighted by atomic mass is 35.5. The summed E-state index contributed by atoms with van der Waals surface area (Å²) in [5.74, 6) is 0.697. The van der Waals surface area contributed by atoms with Gasteiger partial charge < -0.3 is 9.88 Å². The smallest absolute Gasteiger partial charge is 0.235 e. The Labute approximate surface area is 163 Å². The number of hydrogen-bond acceptors (Lipinski definition) is 6. The number of carbonyl (C=O) groups excluding carboxylic acids is 1. The van der Waals surface area contributed by atoms with Crippen molar-refractivity contribution in [3.63, 3.8) is 0 Å². The van der Waals surface area contributed by atoms with E-state index in [9.17, 15) is 4.79 Å². The van der Waals surface area contributed by atoms with E-state index in [0.29, 0.717) is 33.1 Å². The van der Waals surface area contributed by atoms with Crippen LogP contribution in [0.2, 0.25) is 5.02 Å². The number of carbonyl (C=O) groups is 1. The number of benzene rings is 1. The molecule has 1 aromatic carbocycles. The molecule has 132 valence electrons. The minimum Gasteiger partial charge on any atom is -0.316 e. The molecule has 26 heavy (non-hydrogen) atoms. The number of amides is 1. The number of nitrogens with one attached hydrogen (secondary N) is 1. The number of hydrogen-bond donors (Lipinski definition) is 1. The van der Waals surface area contributed by atoms with Crippen LogP contribution in [-0.4, -0.2) is 26.4 Å². The van der Waals surface area contributed by atoms with Crippen LogP contribution in [0.15, 0.2) is 40.9 Å². The summed E-state index contributed by atoms with van der Waals surface area (Å²) in [6.45, 7) is 2.66. The maximum Gasteiger partial charge on any atom is 0.235 e. The van der Waals surface area contributed by atoms with Crippen LogP contribution in [0.4, 0.5) is 5.00 Å². The zero-order valence-corrected chi connectivity index (χ0v) is 16.2. The maximum atomic E-state index is 12.2. The van der Waals surface area contributed by atoms with Crippen LogP contribution in [-0.2, 0) is 11.3 Å². The molecular weight excluding hydrogens is 390 g/mol. The lowest BCUT2D eigenvalue weighted by Crippen LogP contribution is -2.14. The number of rotatable bonds is 6. The summed E-state index contributed by atoms with van der Waals surface area (Å²) in [6.07, 6.45) is 0. The summed E-state index contributed by atoms with van der Waals surface area (Å²) in [5.41, 5.74) is 1.34. The molecule has 3 rings (SSSR count). The average Bonchev–Trinajstić information content (AvgIpc) is 3.25. The van der Waals surface area contributed by atoms with E-state index in [1.807, 2.05) is 29.7 Å². The third kappa shape index (κ3) is 4.07. The molecule has 0 saturated heterocycles. The monoisotopic (exact) mass is 403 g/mol. The van der Waals surface area contributed by atoms with Gasteiger partial charge in [-0.15, -0.1) is 21.5 Å². The second kappa shape index (κ2) is 8.36. The molecule has 2 aromatic heterocycles. The quantitative estimate of drug-likeness (QED) is 0.621. The van der Waals surface area contributed by atoms with Gasteiger partial charge in [-0.25, -0.2) is 0 Å². The number of nitrogens with zero attached hydrogens (tertiary/aromatic N) is 4. The summed E-state index contributed by atoms with van der Waals surface area (Å²) < 4.78 is 1.94. The summed E-state index contributed by atoms with van der Waals surface area (Å²) >= 11 is 8.68. The van der Waals surface area contributed by atoms with Crippen LogP contribution < -0.4 is 5.32 Å². The standard InChI is InChI=1S/C17H14ClN5OS2/c1-2-23-15(11-4-3-5-13(18)8-11)21-22-17(23)26-10-14(24)20-16-12(9-19)6-7-25-16/h3-8H,2,10H2,1H3,(H,20,24). The molecule has 0 fully saturated rings.